The van der Waals surface area contributed by atoms with Crippen molar-refractivity contribution in [3.63, 3.8) is 0 Å². The molecule has 0 saturated carbocycles. The molecule has 3 aromatic rings. The van der Waals surface area contributed by atoms with Crippen LogP contribution < -0.4 is 5.32 Å². The van der Waals surface area contributed by atoms with Gasteiger partial charge in [-0.1, -0.05) is 0 Å². The molecule has 0 radical (unpaired) electrons. The van der Waals surface area contributed by atoms with Crippen LogP contribution in [0, 0.1) is 0 Å². The van der Waals surface area contributed by atoms with E-state index in [0.29, 0.717) is 12.0 Å². The first-order valence-electron chi connectivity index (χ1n) is 10.9. The number of ether oxygens (including phenoxy) is 1. The van der Waals surface area contributed by atoms with Crippen molar-refractivity contribution in [2.75, 3.05) is 0 Å². The van der Waals surface area contributed by atoms with E-state index in [2.05, 4.69) is 10.3 Å². The van der Waals surface area contributed by atoms with Gasteiger partial charge in [-0.15, -0.1) is 0 Å². The minimum absolute atomic E-state index is 0.110. The van der Waals surface area contributed by atoms with Crippen LogP contribution in [-0.4, -0.2) is 42.9 Å². The predicted octanol–water partition coefficient (Wildman–Crippen LogP) is 4.67. The Hall–Kier alpha value is -2.98. The summed E-state index contributed by atoms with van der Waals surface area (Å²) in [6, 6.07) is 19.1. The van der Waals surface area contributed by atoms with Crippen molar-refractivity contribution in [1.82, 2.24) is 10.3 Å². The van der Waals surface area contributed by atoms with Crippen molar-refractivity contribution in [2.45, 2.75) is 50.3 Å². The summed E-state index contributed by atoms with van der Waals surface area (Å²) in [6.45, 7) is 5.50. The number of nitrogens with zero attached hydrogens (tertiary/aromatic N) is 1. The van der Waals surface area contributed by atoms with Crippen molar-refractivity contribution in [3.8, 4) is 0 Å². The van der Waals surface area contributed by atoms with E-state index in [1.807, 2.05) is 75.4 Å². The van der Waals surface area contributed by atoms with Gasteiger partial charge in [0.1, 0.15) is 0 Å². The number of imide groups is 1. The maximum absolute atomic E-state index is 12.7. The van der Waals surface area contributed by atoms with Gasteiger partial charge in [0, 0.05) is 0 Å². The molecule has 1 aromatic heterocycles. The predicted molar refractivity (Wildman–Crippen MR) is 131 cm³/mol. The molecule has 172 valence electrons. The van der Waals surface area contributed by atoms with Crippen molar-refractivity contribution < 1.29 is 19.1 Å². The average Bonchev–Trinajstić information content (AvgIpc) is 2.76. The number of pyridine rings is 1. The third-order valence-corrected chi connectivity index (χ3v) is 7.48. The van der Waals surface area contributed by atoms with E-state index in [-0.39, 0.29) is 15.9 Å². The van der Waals surface area contributed by atoms with Crippen LogP contribution in [0.3, 0.4) is 0 Å². The van der Waals surface area contributed by atoms with Gasteiger partial charge in [-0.3, -0.25) is 0 Å². The summed E-state index contributed by atoms with van der Waals surface area (Å²) in [6.07, 6.45) is 3.02. The van der Waals surface area contributed by atoms with E-state index in [4.69, 9.17) is 4.74 Å². The molecule has 0 aliphatic rings. The third kappa shape index (κ3) is 8.14. The molecule has 1 heterocycles. The summed E-state index contributed by atoms with van der Waals surface area (Å²) in [5.41, 5.74) is 1.69. The number of hydrogen-bond donors (Lipinski definition) is 1. The van der Waals surface area contributed by atoms with Gasteiger partial charge in [-0.05, 0) is 0 Å². The number of fused-ring (bicyclic) bond motifs is 1. The van der Waals surface area contributed by atoms with E-state index < -0.39 is 33.2 Å². The molecule has 7 heteroatoms. The molecular weight excluding hydrogens is 479 g/mol. The van der Waals surface area contributed by atoms with Crippen molar-refractivity contribution in [2.24, 2.45) is 0 Å². The second kappa shape index (κ2) is 11.2. The second-order valence-electron chi connectivity index (χ2n) is 8.87. The van der Waals surface area contributed by atoms with E-state index in [1.165, 1.54) is 6.20 Å². The van der Waals surface area contributed by atoms with Crippen LogP contribution in [0.25, 0.3) is 10.9 Å². The van der Waals surface area contributed by atoms with E-state index in [0.717, 1.165) is 22.9 Å². The van der Waals surface area contributed by atoms with Gasteiger partial charge in [-0.25, -0.2) is 0 Å². The number of aryl methyl sites for hydroxylation is 1. The first kappa shape index (κ1) is 24.7. The summed E-state index contributed by atoms with van der Waals surface area (Å²) in [7, 11) is 0. The van der Waals surface area contributed by atoms with Crippen LogP contribution in [0.15, 0.2) is 66.9 Å². The molecular formula is C26H29AsN2O4. The molecule has 0 spiro atoms. The minimum atomic E-state index is -1.21. The van der Waals surface area contributed by atoms with Gasteiger partial charge in [0.15, 0.2) is 0 Å². The number of nitrogens with one attached hydrogen (secondary N) is 1. The molecule has 3 rings (SSSR count). The molecule has 2 atom stereocenters. The summed E-state index contributed by atoms with van der Waals surface area (Å²) in [5, 5.41) is 3.29. The number of hydrogen-bond acceptors (Lipinski definition) is 5. The third-order valence-electron chi connectivity index (χ3n) is 4.88. The molecule has 0 fully saturated rings. The second-order valence-corrected chi connectivity index (χ2v) is 12.0. The molecule has 2 aromatic carbocycles. The number of para-hydroxylation sites is 1. The zero-order chi connectivity index (χ0) is 23.8. The Morgan fingerprint density at radius 3 is 2.45 bits per heavy atom. The topological polar surface area (TPSA) is 85.4 Å². The van der Waals surface area contributed by atoms with Crippen LogP contribution in [0.1, 0.15) is 49.5 Å². The Kier molecular flexibility index (Phi) is 8.40. The van der Waals surface area contributed by atoms with Crippen molar-refractivity contribution in [3.05, 3.63) is 78.0 Å². The first-order valence-corrected chi connectivity index (χ1v) is 13.2. The Bertz CT molecular complexity index is 1130. The van der Waals surface area contributed by atoms with E-state index in [9.17, 15) is 14.4 Å². The summed E-state index contributed by atoms with van der Waals surface area (Å²) in [4.78, 5) is 42.0. The van der Waals surface area contributed by atoms with Crippen molar-refractivity contribution in [1.29, 1.82) is 0 Å². The Labute approximate surface area is 200 Å². The summed E-state index contributed by atoms with van der Waals surface area (Å²) in [5.74, 6) is -0.879. The number of benzene rings is 2. The van der Waals surface area contributed by atoms with E-state index >= 15 is 0 Å². The molecule has 6 nitrogen and oxygen atoms in total. The average molecular weight is 508 g/mol. The summed E-state index contributed by atoms with van der Waals surface area (Å²) < 4.78 is 5.16. The SMILES string of the molecule is CC(C)(C)OC(=O)[AsH][C@H](CCc1ccccc1)CC(=O)NC(=O)c1cnc2ccccc2c1. The molecule has 33 heavy (non-hydrogen) atoms. The number of carbonyl (C=O) groups is 3. The summed E-state index contributed by atoms with van der Waals surface area (Å²) >= 11 is -1.21. The fourth-order valence-electron chi connectivity index (χ4n) is 3.35. The van der Waals surface area contributed by atoms with Crippen LogP contribution >= 0.6 is 0 Å². The molecule has 0 saturated heterocycles. The first-order chi connectivity index (χ1) is 15.7. The Balaban J connectivity index is 1.64. The number of carbonyl (C=O) groups excluding carboxylic acids is 3. The Morgan fingerprint density at radius 2 is 1.73 bits per heavy atom. The molecule has 2 amide bonds. The fourth-order valence-corrected chi connectivity index (χ4v) is 6.03. The number of rotatable bonds is 8. The maximum atomic E-state index is 12.7. The van der Waals surface area contributed by atoms with Crippen LogP contribution in [-0.2, 0) is 16.0 Å². The Morgan fingerprint density at radius 1 is 1.03 bits per heavy atom. The fraction of sp³-hybridized carbons (Fsp3) is 0.308. The van der Waals surface area contributed by atoms with Crippen LogP contribution in [0.4, 0.5) is 4.79 Å². The molecule has 1 N–H and O–H groups in total. The zero-order valence-electron chi connectivity index (χ0n) is 19.1. The monoisotopic (exact) mass is 508 g/mol. The van der Waals surface area contributed by atoms with Gasteiger partial charge in [0.2, 0.25) is 0 Å². The van der Waals surface area contributed by atoms with Gasteiger partial charge in [0.25, 0.3) is 0 Å². The zero-order valence-corrected chi connectivity index (χ0v) is 21.2. The standard InChI is InChI=1S/C26H29AsN2O4/c1-26(2,3)33-25(32)27-21(14-13-18-9-5-4-6-10-18)16-23(30)29-24(31)20-15-19-11-7-8-12-22(19)28-17-20/h4-12,15,17,21,27H,13-14,16H2,1-3H3,(H,29,30,31)/t21-/m1/s1. The molecule has 1 unspecified atom stereocenters. The molecule has 0 bridgehead atoms. The van der Waals surface area contributed by atoms with Gasteiger partial charge in [0.05, 0.1) is 0 Å². The quantitative estimate of drug-likeness (QED) is 0.447. The van der Waals surface area contributed by atoms with Gasteiger partial charge in [-0.2, -0.15) is 0 Å². The number of amides is 2. The van der Waals surface area contributed by atoms with E-state index in [1.54, 1.807) is 6.07 Å². The van der Waals surface area contributed by atoms with Crippen LogP contribution in [0.5, 0.6) is 0 Å². The molecule has 0 aliphatic heterocycles. The van der Waals surface area contributed by atoms with Crippen molar-refractivity contribution >= 4 is 43.2 Å². The van der Waals surface area contributed by atoms with Gasteiger partial charge >= 0.3 is 201 Å². The normalized spacial score (nSPS) is 12.6. The molecule has 0 aliphatic carbocycles. The van der Waals surface area contributed by atoms with Crippen LogP contribution in [0.2, 0.25) is 4.71 Å². The number of aromatic nitrogens is 1. The van der Waals surface area contributed by atoms with Gasteiger partial charge < -0.3 is 0 Å².